The number of hydrogen-bond acceptors (Lipinski definition) is 5. The van der Waals surface area contributed by atoms with Gasteiger partial charge in [0.2, 0.25) is 0 Å². The molecule has 0 unspecified atom stereocenters. The van der Waals surface area contributed by atoms with Crippen LogP contribution in [0.4, 0.5) is 0 Å². The van der Waals surface area contributed by atoms with E-state index in [9.17, 15) is 14.7 Å². The molecule has 1 aliphatic rings. The van der Waals surface area contributed by atoms with E-state index in [1.165, 1.54) is 14.2 Å². The molecule has 2 atom stereocenters. The lowest BCUT2D eigenvalue weighted by molar-refractivity contribution is -0.151. The summed E-state index contributed by atoms with van der Waals surface area (Å²) >= 11 is 0. The number of allylic oxidation sites excluding steroid dienone is 1. The van der Waals surface area contributed by atoms with Gasteiger partial charge < -0.3 is 14.6 Å². The SMILES string of the molecule is COC(=O)C1=CCC[C@H](O)[C@H]1C(=O)OC. The largest absolute Gasteiger partial charge is 0.468 e. The van der Waals surface area contributed by atoms with E-state index in [2.05, 4.69) is 9.47 Å². The van der Waals surface area contributed by atoms with Gasteiger partial charge in [-0.15, -0.1) is 0 Å². The first-order valence-corrected chi connectivity index (χ1v) is 4.66. The highest BCUT2D eigenvalue weighted by atomic mass is 16.5. The van der Waals surface area contributed by atoms with Crippen molar-refractivity contribution >= 4 is 11.9 Å². The second-order valence-electron chi connectivity index (χ2n) is 3.30. The van der Waals surface area contributed by atoms with Gasteiger partial charge in [0.25, 0.3) is 0 Å². The minimum atomic E-state index is -0.920. The Morgan fingerprint density at radius 2 is 2.07 bits per heavy atom. The fourth-order valence-electron chi connectivity index (χ4n) is 1.65. The Morgan fingerprint density at radius 3 is 2.60 bits per heavy atom. The number of carbonyl (C=O) groups is 2. The molecule has 0 bridgehead atoms. The Bertz CT molecular complexity index is 294. The third-order valence-corrected chi connectivity index (χ3v) is 2.42. The van der Waals surface area contributed by atoms with E-state index in [0.717, 1.165) is 0 Å². The van der Waals surface area contributed by atoms with Crippen molar-refractivity contribution in [3.8, 4) is 0 Å². The maximum atomic E-state index is 11.4. The molecule has 15 heavy (non-hydrogen) atoms. The zero-order valence-electron chi connectivity index (χ0n) is 8.73. The van der Waals surface area contributed by atoms with E-state index in [0.29, 0.717) is 12.8 Å². The first-order chi connectivity index (χ1) is 7.11. The molecular formula is C10H14O5. The molecule has 0 aromatic rings. The van der Waals surface area contributed by atoms with E-state index in [-0.39, 0.29) is 5.57 Å². The van der Waals surface area contributed by atoms with Crippen LogP contribution in [0.5, 0.6) is 0 Å². The highest BCUT2D eigenvalue weighted by Gasteiger charge is 2.37. The minimum Gasteiger partial charge on any atom is -0.468 e. The van der Waals surface area contributed by atoms with Crippen molar-refractivity contribution in [3.05, 3.63) is 11.6 Å². The molecule has 0 aromatic carbocycles. The molecule has 0 radical (unpaired) electrons. The highest BCUT2D eigenvalue weighted by Crippen LogP contribution is 2.27. The van der Waals surface area contributed by atoms with Crippen LogP contribution in [0.25, 0.3) is 0 Å². The van der Waals surface area contributed by atoms with Crippen LogP contribution in [-0.2, 0) is 19.1 Å². The lowest BCUT2D eigenvalue weighted by Crippen LogP contribution is -2.36. The Kier molecular flexibility index (Phi) is 3.85. The van der Waals surface area contributed by atoms with Crippen molar-refractivity contribution in [2.24, 2.45) is 5.92 Å². The zero-order chi connectivity index (χ0) is 11.4. The predicted octanol–water partition coefficient (Wildman–Crippen LogP) is 0.0297. The average molecular weight is 214 g/mol. The molecule has 1 N–H and O–H groups in total. The van der Waals surface area contributed by atoms with Crippen LogP contribution >= 0.6 is 0 Å². The number of rotatable bonds is 2. The van der Waals surface area contributed by atoms with Crippen molar-refractivity contribution in [2.45, 2.75) is 18.9 Å². The normalized spacial score (nSPS) is 25.4. The van der Waals surface area contributed by atoms with Crippen molar-refractivity contribution in [2.75, 3.05) is 14.2 Å². The maximum Gasteiger partial charge on any atom is 0.334 e. The molecule has 1 rings (SSSR count). The number of ether oxygens (including phenoxy) is 2. The fraction of sp³-hybridized carbons (Fsp3) is 0.600. The molecule has 5 heteroatoms. The Morgan fingerprint density at radius 1 is 1.40 bits per heavy atom. The number of aliphatic hydroxyl groups is 1. The van der Waals surface area contributed by atoms with Crippen LogP contribution in [0.2, 0.25) is 0 Å². The average Bonchev–Trinajstić information content (AvgIpc) is 2.26. The van der Waals surface area contributed by atoms with Crippen LogP contribution < -0.4 is 0 Å². The molecule has 0 heterocycles. The Labute approximate surface area is 87.7 Å². The first-order valence-electron chi connectivity index (χ1n) is 4.66. The lowest BCUT2D eigenvalue weighted by Gasteiger charge is -2.25. The number of hydrogen-bond donors (Lipinski definition) is 1. The maximum absolute atomic E-state index is 11.4. The number of esters is 2. The molecule has 5 nitrogen and oxygen atoms in total. The third-order valence-electron chi connectivity index (χ3n) is 2.42. The van der Waals surface area contributed by atoms with Crippen LogP contribution in [0.15, 0.2) is 11.6 Å². The van der Waals surface area contributed by atoms with Crippen molar-refractivity contribution in [1.29, 1.82) is 0 Å². The topological polar surface area (TPSA) is 72.8 Å². The van der Waals surface area contributed by atoms with Crippen LogP contribution in [0, 0.1) is 5.92 Å². The van der Waals surface area contributed by atoms with E-state index in [4.69, 9.17) is 0 Å². The van der Waals surface area contributed by atoms with Gasteiger partial charge in [-0.25, -0.2) is 4.79 Å². The van der Waals surface area contributed by atoms with Gasteiger partial charge in [-0.1, -0.05) is 6.08 Å². The smallest absolute Gasteiger partial charge is 0.334 e. The van der Waals surface area contributed by atoms with E-state index in [1.807, 2.05) is 0 Å². The molecule has 1 aliphatic carbocycles. The summed E-state index contributed by atoms with van der Waals surface area (Å²) in [5, 5.41) is 9.64. The lowest BCUT2D eigenvalue weighted by atomic mass is 9.85. The molecule has 0 fully saturated rings. The number of aliphatic hydroxyl groups excluding tert-OH is 1. The second kappa shape index (κ2) is 4.93. The van der Waals surface area contributed by atoms with Crippen molar-refractivity contribution in [3.63, 3.8) is 0 Å². The summed E-state index contributed by atoms with van der Waals surface area (Å²) in [4.78, 5) is 22.7. The van der Waals surface area contributed by atoms with Gasteiger partial charge in [0.15, 0.2) is 0 Å². The van der Waals surface area contributed by atoms with Gasteiger partial charge in [0.05, 0.1) is 25.9 Å². The summed E-state index contributed by atoms with van der Waals surface area (Å²) in [6, 6.07) is 0. The minimum absolute atomic E-state index is 0.183. The van der Waals surface area contributed by atoms with Gasteiger partial charge in [-0.2, -0.15) is 0 Å². The summed E-state index contributed by atoms with van der Waals surface area (Å²) in [5.74, 6) is -2.13. The molecule has 84 valence electrons. The molecular weight excluding hydrogens is 200 g/mol. The second-order valence-corrected chi connectivity index (χ2v) is 3.30. The van der Waals surface area contributed by atoms with E-state index in [1.54, 1.807) is 6.08 Å². The van der Waals surface area contributed by atoms with Gasteiger partial charge >= 0.3 is 11.9 Å². The summed E-state index contributed by atoms with van der Waals surface area (Å²) in [7, 11) is 2.46. The number of methoxy groups -OCH3 is 2. The Balaban J connectivity index is 2.95. The summed E-state index contributed by atoms with van der Waals surface area (Å²) < 4.78 is 9.07. The summed E-state index contributed by atoms with van der Waals surface area (Å²) in [6.07, 6.45) is 1.73. The predicted molar refractivity (Wildman–Crippen MR) is 50.8 cm³/mol. The summed E-state index contributed by atoms with van der Waals surface area (Å²) in [5.41, 5.74) is 0.183. The molecule has 0 spiro atoms. The van der Waals surface area contributed by atoms with Crippen LogP contribution in [-0.4, -0.2) is 37.4 Å². The van der Waals surface area contributed by atoms with E-state index >= 15 is 0 Å². The molecule has 0 aromatic heterocycles. The number of carbonyl (C=O) groups excluding carboxylic acids is 2. The standard InChI is InChI=1S/C10H14O5/c1-14-9(12)6-4-3-5-7(11)8(6)10(13)15-2/h4,7-8,11H,3,5H2,1-2H3/t7-,8-/m0/s1. The van der Waals surface area contributed by atoms with Gasteiger partial charge in [0, 0.05) is 0 Å². The molecule has 0 amide bonds. The third kappa shape index (κ3) is 2.36. The van der Waals surface area contributed by atoms with E-state index < -0.39 is 24.0 Å². The fourth-order valence-corrected chi connectivity index (χ4v) is 1.65. The molecule has 0 saturated carbocycles. The zero-order valence-corrected chi connectivity index (χ0v) is 8.73. The molecule has 0 aliphatic heterocycles. The highest BCUT2D eigenvalue weighted by molar-refractivity contribution is 5.96. The van der Waals surface area contributed by atoms with Gasteiger partial charge in [-0.3, -0.25) is 4.79 Å². The summed E-state index contributed by atoms with van der Waals surface area (Å²) in [6.45, 7) is 0. The monoisotopic (exact) mass is 214 g/mol. The van der Waals surface area contributed by atoms with Gasteiger partial charge in [0.1, 0.15) is 5.92 Å². The molecule has 0 saturated heterocycles. The van der Waals surface area contributed by atoms with Crippen molar-refractivity contribution in [1.82, 2.24) is 0 Å². The van der Waals surface area contributed by atoms with Gasteiger partial charge in [-0.05, 0) is 12.8 Å². The van der Waals surface area contributed by atoms with Crippen LogP contribution in [0.3, 0.4) is 0 Å². The first kappa shape index (κ1) is 11.7. The van der Waals surface area contributed by atoms with Crippen molar-refractivity contribution < 1.29 is 24.2 Å². The quantitative estimate of drug-likeness (QED) is 0.656. The van der Waals surface area contributed by atoms with Crippen LogP contribution in [0.1, 0.15) is 12.8 Å². The Hall–Kier alpha value is -1.36.